The van der Waals surface area contributed by atoms with Crippen LogP contribution in [-0.4, -0.2) is 16.4 Å². The molecule has 2 aromatic rings. The van der Waals surface area contributed by atoms with Gasteiger partial charge in [-0.15, -0.1) is 0 Å². The zero-order chi connectivity index (χ0) is 12.6. The summed E-state index contributed by atoms with van der Waals surface area (Å²) in [7, 11) is 0. The first-order valence-corrected chi connectivity index (χ1v) is 5.44. The van der Waals surface area contributed by atoms with Crippen LogP contribution in [0.1, 0.15) is 17.5 Å². The number of hydrogen-bond donors (Lipinski definition) is 1. The van der Waals surface area contributed by atoms with Crippen LogP contribution in [0.5, 0.6) is 0 Å². The quantitative estimate of drug-likeness (QED) is 0.870. The van der Waals surface area contributed by atoms with Crippen LogP contribution in [0.4, 0.5) is 13.2 Å². The van der Waals surface area contributed by atoms with E-state index in [4.69, 9.17) is 11.6 Å². The summed E-state index contributed by atoms with van der Waals surface area (Å²) in [5.41, 5.74) is 2.03. The van der Waals surface area contributed by atoms with Crippen LogP contribution < -0.4 is 0 Å². The van der Waals surface area contributed by atoms with E-state index < -0.39 is 12.6 Å². The van der Waals surface area contributed by atoms with Gasteiger partial charge in [-0.05, 0) is 30.5 Å². The number of hydrogen-bond acceptors (Lipinski definition) is 1. The molecule has 1 aromatic heterocycles. The van der Waals surface area contributed by atoms with Crippen molar-refractivity contribution in [2.75, 3.05) is 0 Å². The minimum Gasteiger partial charge on any atom is -0.278 e. The minimum atomic E-state index is -4.17. The van der Waals surface area contributed by atoms with Gasteiger partial charge in [-0.25, -0.2) is 0 Å². The van der Waals surface area contributed by atoms with E-state index in [1.807, 2.05) is 0 Å². The molecule has 2 rings (SSSR count). The molecule has 0 saturated carbocycles. The van der Waals surface area contributed by atoms with Gasteiger partial charge in [0.25, 0.3) is 0 Å². The Labute approximate surface area is 101 Å². The fourth-order valence-electron chi connectivity index (χ4n) is 1.83. The normalized spacial score (nSPS) is 12.3. The van der Waals surface area contributed by atoms with Gasteiger partial charge in [0.1, 0.15) is 0 Å². The van der Waals surface area contributed by atoms with Crippen molar-refractivity contribution < 1.29 is 13.2 Å². The zero-order valence-electron chi connectivity index (χ0n) is 9.03. The summed E-state index contributed by atoms with van der Waals surface area (Å²) in [5, 5.41) is 7.75. The van der Waals surface area contributed by atoms with Gasteiger partial charge in [0.2, 0.25) is 0 Å². The lowest BCUT2D eigenvalue weighted by Crippen LogP contribution is -2.09. The molecule has 0 radical (unpaired) electrons. The lowest BCUT2D eigenvalue weighted by atomic mass is 10.0. The summed E-state index contributed by atoms with van der Waals surface area (Å²) in [6.45, 7) is 1.76. The summed E-state index contributed by atoms with van der Waals surface area (Å²) >= 11 is 5.98. The van der Waals surface area contributed by atoms with Crippen LogP contribution >= 0.6 is 11.6 Å². The van der Waals surface area contributed by atoms with E-state index in [9.17, 15) is 13.2 Å². The maximum absolute atomic E-state index is 12.2. The molecule has 0 unspecified atom stereocenters. The molecule has 0 aliphatic heterocycles. The van der Waals surface area contributed by atoms with Crippen molar-refractivity contribution in [1.29, 1.82) is 0 Å². The molecule has 0 fully saturated rings. The summed E-state index contributed by atoms with van der Waals surface area (Å²) in [4.78, 5) is 0. The van der Waals surface area contributed by atoms with Gasteiger partial charge in [0.05, 0.1) is 11.7 Å². The number of nitrogens with zero attached hydrogens (tertiary/aromatic N) is 1. The topological polar surface area (TPSA) is 28.7 Å². The van der Waals surface area contributed by atoms with Crippen molar-refractivity contribution in [2.45, 2.75) is 25.9 Å². The van der Waals surface area contributed by atoms with Gasteiger partial charge in [-0.2, -0.15) is 18.3 Å². The van der Waals surface area contributed by atoms with Gasteiger partial charge >= 0.3 is 6.18 Å². The highest BCUT2D eigenvalue weighted by molar-refractivity contribution is 6.32. The Kier molecular flexibility index (Phi) is 3.03. The Morgan fingerprint density at radius 1 is 1.41 bits per heavy atom. The van der Waals surface area contributed by atoms with Crippen LogP contribution in [0.25, 0.3) is 10.9 Å². The largest absolute Gasteiger partial charge is 0.389 e. The average Bonchev–Trinajstić information content (AvgIpc) is 2.63. The second kappa shape index (κ2) is 4.22. The molecule has 0 amide bonds. The van der Waals surface area contributed by atoms with E-state index in [2.05, 4.69) is 10.2 Å². The van der Waals surface area contributed by atoms with Gasteiger partial charge in [-0.1, -0.05) is 11.6 Å². The van der Waals surface area contributed by atoms with Gasteiger partial charge in [-0.3, -0.25) is 5.10 Å². The van der Waals surface area contributed by atoms with Crippen LogP contribution in [0.2, 0.25) is 5.02 Å². The summed E-state index contributed by atoms with van der Waals surface area (Å²) in [5.74, 6) is 0. The Morgan fingerprint density at radius 3 is 2.76 bits per heavy atom. The lowest BCUT2D eigenvalue weighted by Gasteiger charge is -2.11. The van der Waals surface area contributed by atoms with Crippen LogP contribution in [0, 0.1) is 6.92 Å². The number of aromatic nitrogens is 2. The molecule has 1 heterocycles. The summed E-state index contributed by atoms with van der Waals surface area (Å²) in [6, 6.07) is 1.61. The molecule has 1 N–H and O–H groups in total. The molecular weight excluding hydrogens is 253 g/mol. The highest BCUT2D eigenvalue weighted by Crippen LogP contribution is 2.31. The molecule has 0 aliphatic rings. The second-order valence-electron chi connectivity index (χ2n) is 3.91. The molecule has 0 atom stereocenters. The molecule has 0 bridgehead atoms. The lowest BCUT2D eigenvalue weighted by molar-refractivity contribution is -0.133. The maximum atomic E-state index is 12.2. The smallest absolute Gasteiger partial charge is 0.278 e. The van der Waals surface area contributed by atoms with Gasteiger partial charge in [0.15, 0.2) is 0 Å². The molecule has 6 heteroatoms. The number of nitrogens with one attached hydrogen (secondary N) is 1. The maximum Gasteiger partial charge on any atom is 0.389 e. The number of aromatic amines is 1. The SMILES string of the molecule is Cc1c(CCC(F)(F)F)c(Cl)cc2[nH]ncc12. The monoisotopic (exact) mass is 262 g/mol. The second-order valence-corrected chi connectivity index (χ2v) is 4.32. The first-order valence-electron chi connectivity index (χ1n) is 5.06. The van der Waals surface area contributed by atoms with Crippen molar-refractivity contribution >= 4 is 22.5 Å². The Morgan fingerprint density at radius 2 is 2.12 bits per heavy atom. The van der Waals surface area contributed by atoms with Crippen molar-refractivity contribution in [3.8, 4) is 0 Å². The van der Waals surface area contributed by atoms with E-state index in [1.165, 1.54) is 0 Å². The fraction of sp³-hybridized carbons (Fsp3) is 0.364. The van der Waals surface area contributed by atoms with E-state index in [0.717, 1.165) is 16.5 Å². The van der Waals surface area contributed by atoms with Crippen molar-refractivity contribution in [3.63, 3.8) is 0 Å². The number of aryl methyl sites for hydroxylation is 1. The van der Waals surface area contributed by atoms with E-state index in [1.54, 1.807) is 19.2 Å². The van der Waals surface area contributed by atoms with Gasteiger partial charge in [0, 0.05) is 16.8 Å². The Bertz CT molecular complexity index is 545. The van der Waals surface area contributed by atoms with E-state index in [0.29, 0.717) is 10.6 Å². The van der Waals surface area contributed by atoms with E-state index >= 15 is 0 Å². The number of fused-ring (bicyclic) bond motifs is 1. The third-order valence-electron chi connectivity index (χ3n) is 2.74. The van der Waals surface area contributed by atoms with Crippen LogP contribution in [0.3, 0.4) is 0 Å². The molecule has 17 heavy (non-hydrogen) atoms. The summed E-state index contributed by atoms with van der Waals surface area (Å²) < 4.78 is 36.6. The number of benzene rings is 1. The number of rotatable bonds is 2. The zero-order valence-corrected chi connectivity index (χ0v) is 9.78. The van der Waals surface area contributed by atoms with E-state index in [-0.39, 0.29) is 6.42 Å². The minimum absolute atomic E-state index is 0.102. The highest BCUT2D eigenvalue weighted by atomic mass is 35.5. The van der Waals surface area contributed by atoms with Crippen molar-refractivity contribution in [1.82, 2.24) is 10.2 Å². The first kappa shape index (κ1) is 12.2. The van der Waals surface area contributed by atoms with Crippen LogP contribution in [0.15, 0.2) is 12.3 Å². The average molecular weight is 263 g/mol. The third kappa shape index (κ3) is 2.54. The predicted octanol–water partition coefficient (Wildman–Crippen LogP) is 4.02. The van der Waals surface area contributed by atoms with Crippen molar-refractivity contribution in [3.05, 3.63) is 28.4 Å². The third-order valence-corrected chi connectivity index (χ3v) is 3.08. The molecule has 0 aliphatic carbocycles. The number of alkyl halides is 3. The molecule has 1 aromatic carbocycles. The molecular formula is C11H10ClF3N2. The Hall–Kier alpha value is -1.23. The Balaban J connectivity index is 2.39. The van der Waals surface area contributed by atoms with Crippen molar-refractivity contribution in [2.24, 2.45) is 0 Å². The first-order chi connectivity index (χ1) is 7.88. The molecule has 0 spiro atoms. The number of H-pyrrole nitrogens is 1. The molecule has 2 nitrogen and oxygen atoms in total. The van der Waals surface area contributed by atoms with Gasteiger partial charge < -0.3 is 0 Å². The highest BCUT2D eigenvalue weighted by Gasteiger charge is 2.27. The van der Waals surface area contributed by atoms with Crippen LogP contribution in [-0.2, 0) is 6.42 Å². The summed E-state index contributed by atoms with van der Waals surface area (Å²) in [6.07, 6.45) is -3.54. The molecule has 92 valence electrons. The number of halogens is 4. The molecule has 0 saturated heterocycles. The fourth-order valence-corrected chi connectivity index (χ4v) is 2.18. The predicted molar refractivity (Wildman–Crippen MR) is 60.2 cm³/mol. The standard InChI is InChI=1S/C11H10ClF3N2/c1-6-7(2-3-11(13,14)15)9(12)4-10-8(6)5-16-17-10/h4-5H,2-3H2,1H3,(H,16,17).